The van der Waals surface area contributed by atoms with E-state index in [4.69, 9.17) is 17.3 Å². The van der Waals surface area contributed by atoms with Crippen molar-refractivity contribution in [3.8, 4) is 0 Å². The molecule has 5 nitrogen and oxygen atoms in total. The van der Waals surface area contributed by atoms with Crippen LogP contribution in [0.1, 0.15) is 11.1 Å². The second kappa shape index (κ2) is 6.49. The monoisotopic (exact) mass is 317 g/mol. The third-order valence-electron chi connectivity index (χ3n) is 2.94. The number of aryl methyl sites for hydroxylation is 2. The van der Waals surface area contributed by atoms with Gasteiger partial charge in [0, 0.05) is 11.4 Å². The van der Waals surface area contributed by atoms with Crippen LogP contribution in [0.5, 0.6) is 0 Å². The van der Waals surface area contributed by atoms with Gasteiger partial charge >= 0.3 is 11.8 Å². The lowest BCUT2D eigenvalue weighted by atomic mass is 10.1. The van der Waals surface area contributed by atoms with Gasteiger partial charge in [-0.2, -0.15) is 0 Å². The van der Waals surface area contributed by atoms with E-state index in [0.29, 0.717) is 22.1 Å². The van der Waals surface area contributed by atoms with Crippen molar-refractivity contribution in [1.82, 2.24) is 0 Å². The molecule has 0 aromatic heterocycles. The molecule has 0 saturated carbocycles. The second-order valence-corrected chi connectivity index (χ2v) is 5.43. The molecule has 4 N–H and O–H groups in total. The molecule has 0 radical (unpaired) electrons. The Morgan fingerprint density at radius 3 is 2.00 bits per heavy atom. The van der Waals surface area contributed by atoms with Crippen molar-refractivity contribution >= 4 is 40.5 Å². The fourth-order valence-electron chi connectivity index (χ4n) is 2.03. The minimum Gasteiger partial charge on any atom is -0.398 e. The molecule has 22 heavy (non-hydrogen) atoms. The Hall–Kier alpha value is -2.53. The van der Waals surface area contributed by atoms with Crippen LogP contribution in [-0.2, 0) is 9.59 Å². The van der Waals surface area contributed by atoms with Gasteiger partial charge in [-0.3, -0.25) is 9.59 Å². The van der Waals surface area contributed by atoms with Gasteiger partial charge in [-0.25, -0.2) is 0 Å². The zero-order valence-electron chi connectivity index (χ0n) is 12.2. The summed E-state index contributed by atoms with van der Waals surface area (Å²) in [7, 11) is 0. The zero-order chi connectivity index (χ0) is 16.3. The maximum Gasteiger partial charge on any atom is 0.314 e. The van der Waals surface area contributed by atoms with Crippen molar-refractivity contribution in [2.75, 3.05) is 16.4 Å². The first kappa shape index (κ1) is 15.9. The number of carbonyl (C=O) groups is 2. The van der Waals surface area contributed by atoms with Crippen LogP contribution in [0.4, 0.5) is 17.1 Å². The Morgan fingerprint density at radius 1 is 0.909 bits per heavy atom. The molecule has 0 aliphatic heterocycles. The van der Waals surface area contributed by atoms with Gasteiger partial charge in [0.25, 0.3) is 0 Å². The van der Waals surface area contributed by atoms with Gasteiger partial charge in [-0.05, 0) is 55.3 Å². The molecule has 0 fully saturated rings. The van der Waals surface area contributed by atoms with E-state index in [1.807, 2.05) is 19.9 Å². The Balaban J connectivity index is 2.05. The molecule has 0 aliphatic carbocycles. The molecule has 2 aromatic rings. The number of benzene rings is 2. The minimum atomic E-state index is -0.778. The highest BCUT2D eigenvalue weighted by Gasteiger charge is 2.14. The van der Waals surface area contributed by atoms with Gasteiger partial charge in [0.15, 0.2) is 0 Å². The van der Waals surface area contributed by atoms with E-state index in [9.17, 15) is 9.59 Å². The summed E-state index contributed by atoms with van der Waals surface area (Å²) in [6, 6.07) is 10.2. The van der Waals surface area contributed by atoms with Gasteiger partial charge in [-0.1, -0.05) is 17.7 Å². The first-order valence-corrected chi connectivity index (χ1v) is 6.98. The molecule has 6 heteroatoms. The largest absolute Gasteiger partial charge is 0.398 e. The number of hydrogen-bond donors (Lipinski definition) is 3. The fraction of sp³-hybridized carbons (Fsp3) is 0.125. The highest BCUT2D eigenvalue weighted by molar-refractivity contribution is 6.43. The molecule has 0 spiro atoms. The van der Waals surface area contributed by atoms with Crippen LogP contribution in [0, 0.1) is 13.8 Å². The summed E-state index contributed by atoms with van der Waals surface area (Å²) >= 11 is 5.86. The van der Waals surface area contributed by atoms with Crippen LogP contribution >= 0.6 is 11.6 Å². The standard InChI is InChI=1S/C16H16ClN3O2/c1-9-5-10(2)7-12(6-9)20-16(22)15(21)19-11-3-4-14(18)13(17)8-11/h3-8H,18H2,1-2H3,(H,19,21)(H,20,22). The molecular formula is C16H16ClN3O2. The van der Waals surface area contributed by atoms with E-state index >= 15 is 0 Å². The summed E-state index contributed by atoms with van der Waals surface area (Å²) in [6.45, 7) is 3.83. The summed E-state index contributed by atoms with van der Waals surface area (Å²) in [4.78, 5) is 23.8. The van der Waals surface area contributed by atoms with Gasteiger partial charge in [-0.15, -0.1) is 0 Å². The molecule has 0 bridgehead atoms. The normalized spacial score (nSPS) is 10.1. The number of nitrogen functional groups attached to an aromatic ring is 1. The van der Waals surface area contributed by atoms with E-state index in [-0.39, 0.29) is 0 Å². The van der Waals surface area contributed by atoms with Crippen LogP contribution in [-0.4, -0.2) is 11.8 Å². The van der Waals surface area contributed by atoms with E-state index in [1.54, 1.807) is 24.3 Å². The van der Waals surface area contributed by atoms with Crippen molar-refractivity contribution in [2.45, 2.75) is 13.8 Å². The van der Waals surface area contributed by atoms with E-state index < -0.39 is 11.8 Å². The quantitative estimate of drug-likeness (QED) is 0.587. The van der Waals surface area contributed by atoms with Crippen molar-refractivity contribution in [3.05, 3.63) is 52.5 Å². The summed E-state index contributed by atoms with van der Waals surface area (Å²) in [5.41, 5.74) is 8.97. The predicted octanol–water partition coefficient (Wildman–Crippen LogP) is 3.12. The van der Waals surface area contributed by atoms with Crippen LogP contribution < -0.4 is 16.4 Å². The van der Waals surface area contributed by atoms with Gasteiger partial charge in [0.05, 0.1) is 10.7 Å². The average Bonchev–Trinajstić information content (AvgIpc) is 2.41. The Labute approximate surface area is 133 Å². The molecule has 2 amide bonds. The molecule has 114 valence electrons. The van der Waals surface area contributed by atoms with Crippen molar-refractivity contribution in [3.63, 3.8) is 0 Å². The lowest BCUT2D eigenvalue weighted by molar-refractivity contribution is -0.132. The number of rotatable bonds is 2. The number of anilines is 3. The van der Waals surface area contributed by atoms with E-state index in [1.165, 1.54) is 6.07 Å². The molecule has 0 saturated heterocycles. The molecule has 0 heterocycles. The molecule has 2 aromatic carbocycles. The fourth-order valence-corrected chi connectivity index (χ4v) is 2.21. The molecule has 2 rings (SSSR count). The van der Waals surface area contributed by atoms with E-state index in [2.05, 4.69) is 10.6 Å². The molecule has 0 unspecified atom stereocenters. The highest BCUT2D eigenvalue weighted by atomic mass is 35.5. The molecule has 0 aliphatic rings. The van der Waals surface area contributed by atoms with Crippen molar-refractivity contribution in [1.29, 1.82) is 0 Å². The van der Waals surface area contributed by atoms with E-state index in [0.717, 1.165) is 11.1 Å². The number of nitrogens with one attached hydrogen (secondary N) is 2. The van der Waals surface area contributed by atoms with Crippen LogP contribution in [0.3, 0.4) is 0 Å². The van der Waals surface area contributed by atoms with Gasteiger partial charge in [0.2, 0.25) is 0 Å². The number of carbonyl (C=O) groups excluding carboxylic acids is 2. The second-order valence-electron chi connectivity index (χ2n) is 5.02. The topological polar surface area (TPSA) is 84.2 Å². The summed E-state index contributed by atoms with van der Waals surface area (Å²) in [6.07, 6.45) is 0. The number of hydrogen-bond acceptors (Lipinski definition) is 3. The lowest BCUT2D eigenvalue weighted by Crippen LogP contribution is -2.29. The maximum atomic E-state index is 11.9. The number of halogens is 1. The molecule has 0 atom stereocenters. The third-order valence-corrected chi connectivity index (χ3v) is 3.27. The smallest absolute Gasteiger partial charge is 0.314 e. The van der Waals surface area contributed by atoms with Crippen molar-refractivity contribution < 1.29 is 9.59 Å². The predicted molar refractivity (Wildman–Crippen MR) is 89.0 cm³/mol. The Kier molecular flexibility index (Phi) is 4.68. The van der Waals surface area contributed by atoms with Gasteiger partial charge in [0.1, 0.15) is 0 Å². The van der Waals surface area contributed by atoms with Gasteiger partial charge < -0.3 is 16.4 Å². The first-order valence-electron chi connectivity index (χ1n) is 6.61. The SMILES string of the molecule is Cc1cc(C)cc(NC(=O)C(=O)Nc2ccc(N)c(Cl)c2)c1. The average molecular weight is 318 g/mol. The highest BCUT2D eigenvalue weighted by Crippen LogP contribution is 2.22. The number of nitrogens with two attached hydrogens (primary N) is 1. The zero-order valence-corrected chi connectivity index (χ0v) is 13.0. The summed E-state index contributed by atoms with van der Waals surface area (Å²) in [5.74, 6) is -1.53. The van der Waals surface area contributed by atoms with Crippen LogP contribution in [0.2, 0.25) is 5.02 Å². The van der Waals surface area contributed by atoms with Crippen LogP contribution in [0.25, 0.3) is 0 Å². The maximum absolute atomic E-state index is 11.9. The minimum absolute atomic E-state index is 0.313. The summed E-state index contributed by atoms with van der Waals surface area (Å²) < 4.78 is 0. The number of amides is 2. The Bertz CT molecular complexity index is 724. The first-order chi connectivity index (χ1) is 10.3. The lowest BCUT2D eigenvalue weighted by Gasteiger charge is -2.09. The third kappa shape index (κ3) is 3.99. The van der Waals surface area contributed by atoms with Crippen LogP contribution in [0.15, 0.2) is 36.4 Å². The molecular weight excluding hydrogens is 302 g/mol. The Morgan fingerprint density at radius 2 is 1.45 bits per heavy atom. The summed E-state index contributed by atoms with van der Waals surface area (Å²) in [5, 5.41) is 5.34. The van der Waals surface area contributed by atoms with Crippen molar-refractivity contribution in [2.24, 2.45) is 0 Å².